The van der Waals surface area contributed by atoms with Crippen molar-refractivity contribution in [1.29, 1.82) is 0 Å². The van der Waals surface area contributed by atoms with Gasteiger partial charge in [0.25, 0.3) is 0 Å². The molecular weight excluding hydrogens is 290 g/mol. The highest BCUT2D eigenvalue weighted by Crippen LogP contribution is 2.18. The molecule has 0 aromatic heterocycles. The molecule has 1 rings (SSSR count). The molecule has 0 saturated heterocycles. The summed E-state index contributed by atoms with van der Waals surface area (Å²) in [6.07, 6.45) is 1.45. The fraction of sp³-hybridized carbons (Fsp3) is 0.533. The van der Waals surface area contributed by atoms with E-state index in [-0.39, 0.29) is 10.8 Å². The van der Waals surface area contributed by atoms with Gasteiger partial charge in [-0.15, -0.1) is 0 Å². The van der Waals surface area contributed by atoms with Crippen LogP contribution in [0.25, 0.3) is 0 Å². The van der Waals surface area contributed by atoms with E-state index >= 15 is 0 Å². The van der Waals surface area contributed by atoms with E-state index in [0.717, 1.165) is 17.5 Å². The first kappa shape index (κ1) is 17.7. The molecule has 21 heavy (non-hydrogen) atoms. The van der Waals surface area contributed by atoms with Crippen molar-refractivity contribution in [3.63, 3.8) is 0 Å². The van der Waals surface area contributed by atoms with Gasteiger partial charge in [0.05, 0.1) is 4.90 Å². The summed E-state index contributed by atoms with van der Waals surface area (Å²) in [5, 5.41) is 9.25. The van der Waals surface area contributed by atoms with Gasteiger partial charge >= 0.3 is 5.97 Å². The van der Waals surface area contributed by atoms with Gasteiger partial charge in [-0.3, -0.25) is 4.79 Å². The molecule has 2 N–H and O–H groups in total. The number of carboxylic acids is 1. The maximum Gasteiger partial charge on any atom is 0.322 e. The van der Waals surface area contributed by atoms with Crippen molar-refractivity contribution >= 4 is 16.0 Å². The summed E-state index contributed by atoms with van der Waals surface area (Å²) in [5.41, 5.74) is 1.84. The summed E-state index contributed by atoms with van der Waals surface area (Å²) in [6.45, 7) is 7.39. The first-order valence-electron chi connectivity index (χ1n) is 7.01. The van der Waals surface area contributed by atoms with E-state index in [1.807, 2.05) is 20.8 Å². The maximum absolute atomic E-state index is 12.3. The summed E-state index contributed by atoms with van der Waals surface area (Å²) < 4.78 is 27.0. The van der Waals surface area contributed by atoms with Crippen LogP contribution in [0.3, 0.4) is 0 Å². The van der Waals surface area contributed by atoms with Crippen molar-refractivity contribution in [2.45, 2.75) is 51.5 Å². The fourth-order valence-corrected chi connectivity index (χ4v) is 3.53. The monoisotopic (exact) mass is 313 g/mol. The van der Waals surface area contributed by atoms with E-state index in [2.05, 4.69) is 4.72 Å². The van der Waals surface area contributed by atoms with Gasteiger partial charge in [-0.05, 0) is 49.4 Å². The Bertz CT molecular complexity index is 610. The molecule has 0 heterocycles. The third-order valence-electron chi connectivity index (χ3n) is 3.65. The SMILES string of the molecule is CCCC(C)C(NS(=O)(=O)c1ccc(C)c(C)c1)C(=O)O. The Morgan fingerprint density at radius 1 is 1.29 bits per heavy atom. The molecule has 0 bridgehead atoms. The van der Waals surface area contributed by atoms with Crippen LogP contribution < -0.4 is 4.72 Å². The van der Waals surface area contributed by atoms with Crippen LogP contribution in [0.5, 0.6) is 0 Å². The average molecular weight is 313 g/mol. The van der Waals surface area contributed by atoms with Gasteiger partial charge in [-0.1, -0.05) is 26.3 Å². The van der Waals surface area contributed by atoms with E-state index in [1.54, 1.807) is 19.1 Å². The van der Waals surface area contributed by atoms with Gasteiger partial charge in [0.2, 0.25) is 10.0 Å². The summed E-state index contributed by atoms with van der Waals surface area (Å²) in [5.74, 6) is -1.42. The van der Waals surface area contributed by atoms with E-state index in [9.17, 15) is 18.3 Å². The van der Waals surface area contributed by atoms with Gasteiger partial charge in [0.1, 0.15) is 6.04 Å². The van der Waals surface area contributed by atoms with E-state index in [1.165, 1.54) is 6.07 Å². The first-order chi connectivity index (χ1) is 9.69. The minimum atomic E-state index is -3.84. The molecule has 5 nitrogen and oxygen atoms in total. The molecule has 118 valence electrons. The lowest BCUT2D eigenvalue weighted by Crippen LogP contribution is -2.45. The lowest BCUT2D eigenvalue weighted by atomic mass is 9.98. The molecule has 0 saturated carbocycles. The Balaban J connectivity index is 3.06. The normalized spacial score (nSPS) is 14.7. The van der Waals surface area contributed by atoms with Crippen LogP contribution in [0, 0.1) is 19.8 Å². The van der Waals surface area contributed by atoms with Crippen LogP contribution in [0.15, 0.2) is 23.1 Å². The number of aryl methyl sites for hydroxylation is 2. The second-order valence-electron chi connectivity index (χ2n) is 5.45. The molecule has 1 aromatic rings. The predicted octanol–water partition coefficient (Wildman–Crippen LogP) is 2.47. The van der Waals surface area contributed by atoms with E-state index in [4.69, 9.17) is 0 Å². The second-order valence-corrected chi connectivity index (χ2v) is 7.16. The highest BCUT2D eigenvalue weighted by atomic mass is 32.2. The Morgan fingerprint density at radius 3 is 2.38 bits per heavy atom. The number of nitrogens with one attached hydrogen (secondary N) is 1. The standard InChI is InChI=1S/C15H23NO4S/c1-5-6-11(3)14(15(17)18)16-21(19,20)13-8-7-10(2)12(4)9-13/h7-9,11,14,16H,5-6H2,1-4H3,(H,17,18). The van der Waals surface area contributed by atoms with Gasteiger partial charge < -0.3 is 5.11 Å². The van der Waals surface area contributed by atoms with Gasteiger partial charge in [-0.2, -0.15) is 4.72 Å². The second kappa shape index (κ2) is 7.04. The predicted molar refractivity (Wildman–Crippen MR) is 81.7 cm³/mol. The maximum atomic E-state index is 12.3. The number of carbonyl (C=O) groups is 1. The number of sulfonamides is 1. The molecule has 0 aliphatic rings. The smallest absolute Gasteiger partial charge is 0.322 e. The number of hydrogen-bond acceptors (Lipinski definition) is 3. The molecule has 2 unspecified atom stereocenters. The molecule has 0 fully saturated rings. The zero-order valence-electron chi connectivity index (χ0n) is 12.9. The van der Waals surface area contributed by atoms with Crippen molar-refractivity contribution in [3.8, 4) is 0 Å². The van der Waals surface area contributed by atoms with Crippen molar-refractivity contribution < 1.29 is 18.3 Å². The fourth-order valence-electron chi connectivity index (χ4n) is 2.15. The minimum absolute atomic E-state index is 0.0977. The Morgan fingerprint density at radius 2 is 1.90 bits per heavy atom. The van der Waals surface area contributed by atoms with Gasteiger partial charge in [0.15, 0.2) is 0 Å². The molecule has 0 aliphatic heterocycles. The number of benzene rings is 1. The van der Waals surface area contributed by atoms with Crippen LogP contribution in [0.2, 0.25) is 0 Å². The molecule has 0 aliphatic carbocycles. The Kier molecular flexibility index (Phi) is 5.92. The Labute approximate surface area is 126 Å². The molecular formula is C15H23NO4S. The largest absolute Gasteiger partial charge is 0.480 e. The highest BCUT2D eigenvalue weighted by molar-refractivity contribution is 7.89. The molecule has 1 aromatic carbocycles. The van der Waals surface area contributed by atoms with Crippen LogP contribution in [-0.2, 0) is 14.8 Å². The number of aliphatic carboxylic acids is 1. The van der Waals surface area contributed by atoms with Crippen LogP contribution in [-0.4, -0.2) is 25.5 Å². The molecule has 0 radical (unpaired) electrons. The first-order valence-corrected chi connectivity index (χ1v) is 8.49. The van der Waals surface area contributed by atoms with E-state index < -0.39 is 22.0 Å². The quantitative estimate of drug-likeness (QED) is 0.810. The van der Waals surface area contributed by atoms with Gasteiger partial charge in [0, 0.05) is 0 Å². The van der Waals surface area contributed by atoms with Gasteiger partial charge in [-0.25, -0.2) is 8.42 Å². The highest BCUT2D eigenvalue weighted by Gasteiger charge is 2.29. The molecule has 0 spiro atoms. The Hall–Kier alpha value is -1.40. The molecule has 0 amide bonds. The third kappa shape index (κ3) is 4.54. The summed E-state index contributed by atoms with van der Waals surface area (Å²) in [6, 6.07) is 3.65. The zero-order valence-corrected chi connectivity index (χ0v) is 13.7. The van der Waals surface area contributed by atoms with Crippen LogP contribution in [0.1, 0.15) is 37.8 Å². The van der Waals surface area contributed by atoms with Crippen LogP contribution >= 0.6 is 0 Å². The number of hydrogen-bond donors (Lipinski definition) is 2. The minimum Gasteiger partial charge on any atom is -0.480 e. The van der Waals surface area contributed by atoms with Crippen molar-refractivity contribution in [3.05, 3.63) is 29.3 Å². The topological polar surface area (TPSA) is 83.5 Å². The lowest BCUT2D eigenvalue weighted by molar-refractivity contribution is -0.140. The average Bonchev–Trinajstić information content (AvgIpc) is 2.39. The van der Waals surface area contributed by atoms with Crippen molar-refractivity contribution in [2.24, 2.45) is 5.92 Å². The van der Waals surface area contributed by atoms with Crippen molar-refractivity contribution in [2.75, 3.05) is 0 Å². The number of carboxylic acid groups (broad SMARTS) is 1. The molecule has 2 atom stereocenters. The van der Waals surface area contributed by atoms with Crippen molar-refractivity contribution in [1.82, 2.24) is 4.72 Å². The summed E-state index contributed by atoms with van der Waals surface area (Å²) in [7, 11) is -3.84. The van der Waals surface area contributed by atoms with E-state index in [0.29, 0.717) is 6.42 Å². The number of rotatable bonds is 7. The zero-order chi connectivity index (χ0) is 16.2. The molecule has 6 heteroatoms. The van der Waals surface area contributed by atoms with Crippen LogP contribution in [0.4, 0.5) is 0 Å². The lowest BCUT2D eigenvalue weighted by Gasteiger charge is -2.21. The summed E-state index contributed by atoms with van der Waals surface area (Å²) in [4.78, 5) is 11.4. The third-order valence-corrected chi connectivity index (χ3v) is 5.09. The summed E-state index contributed by atoms with van der Waals surface area (Å²) >= 11 is 0.